The zero-order valence-electron chi connectivity index (χ0n) is 15.8. The molecule has 154 valence electrons. The summed E-state index contributed by atoms with van der Waals surface area (Å²) in [6.07, 6.45) is 2.25. The van der Waals surface area contributed by atoms with Crippen molar-refractivity contribution in [3.63, 3.8) is 0 Å². The molecule has 0 aliphatic rings. The van der Waals surface area contributed by atoms with Gasteiger partial charge < -0.3 is 10.1 Å². The van der Waals surface area contributed by atoms with Crippen LogP contribution in [0, 0.1) is 5.82 Å². The number of benzene rings is 2. The fourth-order valence-corrected chi connectivity index (χ4v) is 2.76. The van der Waals surface area contributed by atoms with E-state index < -0.39 is 29.6 Å². The molecule has 3 N–H and O–H groups in total. The third-order valence-electron chi connectivity index (χ3n) is 3.78. The summed E-state index contributed by atoms with van der Waals surface area (Å²) in [6, 6.07) is 12.9. The van der Waals surface area contributed by atoms with E-state index in [0.717, 1.165) is 12.1 Å². The summed E-state index contributed by atoms with van der Waals surface area (Å²) in [4.78, 5) is 36.6. The van der Waals surface area contributed by atoms with Crippen LogP contribution in [0.1, 0.15) is 16.8 Å². The highest BCUT2D eigenvalue weighted by atomic mass is 32.2. The molecule has 0 aliphatic carbocycles. The molecule has 3 amide bonds. The van der Waals surface area contributed by atoms with Crippen molar-refractivity contribution in [3.8, 4) is 5.75 Å². The van der Waals surface area contributed by atoms with Crippen molar-refractivity contribution in [1.82, 2.24) is 16.2 Å². The highest BCUT2D eigenvalue weighted by molar-refractivity contribution is 7.98. The first-order valence-corrected chi connectivity index (χ1v) is 10.2. The van der Waals surface area contributed by atoms with Crippen molar-refractivity contribution in [3.05, 3.63) is 66.0 Å². The highest BCUT2D eigenvalue weighted by Gasteiger charge is 2.21. The topological polar surface area (TPSA) is 96.5 Å². The van der Waals surface area contributed by atoms with Crippen LogP contribution in [0.4, 0.5) is 4.39 Å². The fourth-order valence-electron chi connectivity index (χ4n) is 2.29. The number of hydrogen-bond donors (Lipinski definition) is 3. The minimum absolute atomic E-state index is 0.188. The maximum absolute atomic E-state index is 12.9. The normalized spacial score (nSPS) is 11.2. The standard InChI is InChI=1S/C20H22FN3O4S/c1-29-12-11-17(22-18(25)13-28-16-5-3-2-4-6-16)20(27)24-23-19(26)14-7-9-15(21)10-8-14/h2-10,17H,11-13H2,1H3,(H,22,25)(H,23,26)(H,24,27)/t17-/m1/s1. The molecule has 1 atom stereocenters. The summed E-state index contributed by atoms with van der Waals surface area (Å²) >= 11 is 1.52. The Morgan fingerprint density at radius 1 is 1.03 bits per heavy atom. The van der Waals surface area contributed by atoms with E-state index in [1.807, 2.05) is 12.3 Å². The van der Waals surface area contributed by atoms with Crippen LogP contribution in [-0.4, -0.2) is 42.4 Å². The predicted octanol–water partition coefficient (Wildman–Crippen LogP) is 1.90. The van der Waals surface area contributed by atoms with Crippen molar-refractivity contribution in [2.45, 2.75) is 12.5 Å². The van der Waals surface area contributed by atoms with E-state index in [1.54, 1.807) is 24.3 Å². The van der Waals surface area contributed by atoms with Gasteiger partial charge in [-0.25, -0.2) is 4.39 Å². The predicted molar refractivity (Wildman–Crippen MR) is 109 cm³/mol. The molecule has 0 spiro atoms. The Bertz CT molecular complexity index is 818. The Balaban J connectivity index is 1.86. The number of carbonyl (C=O) groups is 3. The lowest BCUT2D eigenvalue weighted by Gasteiger charge is -2.18. The van der Waals surface area contributed by atoms with E-state index in [2.05, 4.69) is 16.2 Å². The van der Waals surface area contributed by atoms with Crippen LogP contribution in [0.15, 0.2) is 54.6 Å². The second kappa shape index (κ2) is 11.7. The molecule has 0 fully saturated rings. The first kappa shape index (κ1) is 22.2. The van der Waals surface area contributed by atoms with Gasteiger partial charge in [0.1, 0.15) is 17.6 Å². The molecule has 2 rings (SSSR count). The van der Waals surface area contributed by atoms with Crippen molar-refractivity contribution in [2.24, 2.45) is 0 Å². The first-order valence-electron chi connectivity index (χ1n) is 8.81. The molecule has 0 saturated heterocycles. The molecule has 7 nitrogen and oxygen atoms in total. The highest BCUT2D eigenvalue weighted by Crippen LogP contribution is 2.08. The van der Waals surface area contributed by atoms with E-state index >= 15 is 0 Å². The summed E-state index contributed by atoms with van der Waals surface area (Å²) in [6.45, 7) is -0.241. The molecular formula is C20H22FN3O4S. The fraction of sp³-hybridized carbons (Fsp3) is 0.250. The Labute approximate surface area is 172 Å². The first-order chi connectivity index (χ1) is 14.0. The van der Waals surface area contributed by atoms with E-state index in [0.29, 0.717) is 17.9 Å². The number of hydrogen-bond acceptors (Lipinski definition) is 5. The van der Waals surface area contributed by atoms with Crippen LogP contribution in [0.5, 0.6) is 5.75 Å². The van der Waals surface area contributed by atoms with E-state index in [1.165, 1.54) is 23.9 Å². The van der Waals surface area contributed by atoms with Gasteiger partial charge in [-0.2, -0.15) is 11.8 Å². The molecule has 29 heavy (non-hydrogen) atoms. The van der Waals surface area contributed by atoms with Crippen LogP contribution in [0.3, 0.4) is 0 Å². The van der Waals surface area contributed by atoms with E-state index in [4.69, 9.17) is 4.74 Å². The maximum atomic E-state index is 12.9. The molecular weight excluding hydrogens is 397 g/mol. The molecule has 0 aliphatic heterocycles. The van der Waals surface area contributed by atoms with Crippen LogP contribution in [0.2, 0.25) is 0 Å². The number of thioether (sulfide) groups is 1. The SMILES string of the molecule is CSCC[C@@H](NC(=O)COc1ccccc1)C(=O)NNC(=O)c1ccc(F)cc1. The largest absolute Gasteiger partial charge is 0.484 e. The molecule has 0 bridgehead atoms. The number of hydrazine groups is 1. The van der Waals surface area contributed by atoms with Crippen LogP contribution < -0.4 is 20.9 Å². The number of rotatable bonds is 9. The number of amides is 3. The zero-order valence-corrected chi connectivity index (χ0v) is 16.6. The van der Waals surface area contributed by atoms with Crippen molar-refractivity contribution in [2.75, 3.05) is 18.6 Å². The lowest BCUT2D eigenvalue weighted by molar-refractivity contribution is -0.130. The van der Waals surface area contributed by atoms with Crippen molar-refractivity contribution in [1.29, 1.82) is 0 Å². The van der Waals surface area contributed by atoms with Gasteiger partial charge in [-0.1, -0.05) is 18.2 Å². The monoisotopic (exact) mass is 419 g/mol. The molecule has 0 saturated carbocycles. The van der Waals surface area contributed by atoms with Crippen molar-refractivity contribution >= 4 is 29.5 Å². The second-order valence-corrected chi connectivity index (χ2v) is 6.94. The van der Waals surface area contributed by atoms with Gasteiger partial charge in [0.25, 0.3) is 17.7 Å². The number of ether oxygens (including phenoxy) is 1. The zero-order chi connectivity index (χ0) is 21.1. The lowest BCUT2D eigenvalue weighted by atomic mass is 10.2. The van der Waals surface area contributed by atoms with E-state index in [9.17, 15) is 18.8 Å². The molecule has 0 unspecified atom stereocenters. The lowest BCUT2D eigenvalue weighted by Crippen LogP contribution is -2.53. The summed E-state index contributed by atoms with van der Waals surface area (Å²) in [5, 5.41) is 2.60. The molecule has 2 aromatic rings. The number of para-hydroxylation sites is 1. The molecule has 0 heterocycles. The van der Waals surface area contributed by atoms with Crippen LogP contribution in [-0.2, 0) is 9.59 Å². The quantitative estimate of drug-likeness (QED) is 0.540. The summed E-state index contributed by atoms with van der Waals surface area (Å²) < 4.78 is 18.3. The molecule has 0 aromatic heterocycles. The van der Waals surface area contributed by atoms with Crippen LogP contribution in [0.25, 0.3) is 0 Å². The van der Waals surface area contributed by atoms with Gasteiger partial charge in [0.15, 0.2) is 6.61 Å². The molecule has 0 radical (unpaired) electrons. The Kier molecular flexibility index (Phi) is 8.97. The average Bonchev–Trinajstić information content (AvgIpc) is 2.74. The van der Waals surface area contributed by atoms with Gasteiger partial charge in [-0.05, 0) is 54.8 Å². The molecule has 2 aromatic carbocycles. The van der Waals surface area contributed by atoms with Gasteiger partial charge in [-0.3, -0.25) is 25.2 Å². The summed E-state index contributed by atoms with van der Waals surface area (Å²) in [5.41, 5.74) is 4.73. The van der Waals surface area contributed by atoms with Crippen LogP contribution >= 0.6 is 11.8 Å². The average molecular weight is 419 g/mol. The van der Waals surface area contributed by atoms with Gasteiger partial charge in [-0.15, -0.1) is 0 Å². The minimum atomic E-state index is -0.845. The summed E-state index contributed by atoms with van der Waals surface area (Å²) in [5.74, 6) is -0.921. The van der Waals surface area contributed by atoms with Gasteiger partial charge in [0.05, 0.1) is 0 Å². The third kappa shape index (κ3) is 7.82. The molecule has 9 heteroatoms. The Morgan fingerprint density at radius 2 is 1.72 bits per heavy atom. The summed E-state index contributed by atoms with van der Waals surface area (Å²) in [7, 11) is 0. The van der Waals surface area contributed by atoms with E-state index in [-0.39, 0.29) is 12.2 Å². The maximum Gasteiger partial charge on any atom is 0.269 e. The number of nitrogens with one attached hydrogen (secondary N) is 3. The Hall–Kier alpha value is -3.07. The number of halogens is 1. The Morgan fingerprint density at radius 3 is 2.38 bits per heavy atom. The minimum Gasteiger partial charge on any atom is -0.484 e. The smallest absolute Gasteiger partial charge is 0.269 e. The third-order valence-corrected chi connectivity index (χ3v) is 4.43. The number of carbonyl (C=O) groups excluding carboxylic acids is 3. The van der Waals surface area contributed by atoms with Gasteiger partial charge in [0.2, 0.25) is 0 Å². The van der Waals surface area contributed by atoms with Gasteiger partial charge >= 0.3 is 0 Å². The van der Waals surface area contributed by atoms with Crippen molar-refractivity contribution < 1.29 is 23.5 Å². The van der Waals surface area contributed by atoms with Gasteiger partial charge in [0, 0.05) is 5.56 Å². The second-order valence-electron chi connectivity index (χ2n) is 5.95.